The summed E-state index contributed by atoms with van der Waals surface area (Å²) < 4.78 is 52.2. The fourth-order valence-electron chi connectivity index (χ4n) is 4.08. The number of hydrogen-bond acceptors (Lipinski definition) is 10. The fourth-order valence-corrected chi connectivity index (χ4v) is 4.08. The Morgan fingerprint density at radius 1 is 0.923 bits per heavy atom. The highest BCUT2D eigenvalue weighted by atomic mass is 19.4. The first-order valence-corrected chi connectivity index (χ1v) is 11.0. The highest BCUT2D eigenvalue weighted by Gasteiger charge is 2.32. The second-order valence-corrected chi connectivity index (χ2v) is 8.29. The molecule has 1 aromatic heterocycles. The Labute approximate surface area is 216 Å². The van der Waals surface area contributed by atoms with Gasteiger partial charge < -0.3 is 39.4 Å². The van der Waals surface area contributed by atoms with Gasteiger partial charge in [-0.2, -0.15) is 0 Å². The van der Waals surface area contributed by atoms with Gasteiger partial charge in [0.15, 0.2) is 17.3 Å². The summed E-state index contributed by atoms with van der Waals surface area (Å²) in [6, 6.07) is 8.33. The molecular formula is C26H19F3O10. The smallest absolute Gasteiger partial charge is 0.507 e. The molecule has 0 aliphatic heterocycles. The standard InChI is InChI=1S/C26H19F3O10/c1-37-19(34)9-14(11-2-5-13(6-3-11)39-26(27,28)29)20-17(32)10-18(33)21-22(35)23(36)24(38-25(20)21)12-4-7-15(30)16(31)8-12/h2-8,10,14,30-33,36H,9H2,1H3/t14-/m0/s1. The molecule has 5 N–H and O–H groups in total. The number of carbonyl (C=O) groups is 1. The van der Waals surface area contributed by atoms with Crippen molar-refractivity contribution in [2.45, 2.75) is 18.7 Å². The number of carbonyl (C=O) groups excluding carboxylic acids is 1. The zero-order chi connectivity index (χ0) is 28.6. The SMILES string of the molecule is COC(=O)C[C@@H](c1ccc(OC(F)(F)F)cc1)c1c(O)cc(O)c2c(=O)c(O)c(-c3ccc(O)c(O)c3)oc12. The van der Waals surface area contributed by atoms with Gasteiger partial charge in [-0.15, -0.1) is 13.2 Å². The maximum Gasteiger partial charge on any atom is 0.573 e. The van der Waals surface area contributed by atoms with Gasteiger partial charge in [0.05, 0.1) is 13.5 Å². The number of alkyl halides is 3. The average molecular weight is 548 g/mol. The predicted octanol–water partition coefficient (Wildman–Crippen LogP) is 4.58. The third-order valence-corrected chi connectivity index (χ3v) is 5.84. The molecule has 1 atom stereocenters. The predicted molar refractivity (Wildman–Crippen MR) is 128 cm³/mol. The molecule has 39 heavy (non-hydrogen) atoms. The van der Waals surface area contributed by atoms with E-state index < -0.39 is 81.3 Å². The van der Waals surface area contributed by atoms with Crippen LogP contribution in [-0.4, -0.2) is 45.0 Å². The molecule has 0 bridgehead atoms. The quantitative estimate of drug-likeness (QED) is 0.170. The van der Waals surface area contributed by atoms with Crippen molar-refractivity contribution in [3.8, 4) is 45.8 Å². The molecule has 0 aliphatic rings. The summed E-state index contributed by atoms with van der Waals surface area (Å²) in [5, 5.41) is 50.7. The largest absolute Gasteiger partial charge is 0.573 e. The lowest BCUT2D eigenvalue weighted by Crippen LogP contribution is -2.17. The minimum Gasteiger partial charge on any atom is -0.507 e. The van der Waals surface area contributed by atoms with Crippen molar-refractivity contribution in [1.82, 2.24) is 0 Å². The minimum atomic E-state index is -4.96. The summed E-state index contributed by atoms with van der Waals surface area (Å²) in [7, 11) is 1.09. The molecule has 0 radical (unpaired) electrons. The number of phenols is 4. The van der Waals surface area contributed by atoms with Gasteiger partial charge in [0, 0.05) is 23.1 Å². The Kier molecular flexibility index (Phi) is 6.92. The lowest BCUT2D eigenvalue weighted by atomic mass is 9.86. The summed E-state index contributed by atoms with van der Waals surface area (Å²) in [4.78, 5) is 25.4. The Morgan fingerprint density at radius 2 is 1.59 bits per heavy atom. The van der Waals surface area contributed by atoms with Crippen LogP contribution in [0, 0.1) is 0 Å². The molecule has 0 spiro atoms. The molecule has 0 saturated heterocycles. The molecular weight excluding hydrogens is 529 g/mol. The number of halogens is 3. The van der Waals surface area contributed by atoms with Crippen LogP contribution in [0.4, 0.5) is 13.2 Å². The van der Waals surface area contributed by atoms with Crippen molar-refractivity contribution in [2.75, 3.05) is 7.11 Å². The van der Waals surface area contributed by atoms with Gasteiger partial charge >= 0.3 is 12.3 Å². The molecule has 1 heterocycles. The van der Waals surface area contributed by atoms with E-state index in [9.17, 15) is 48.3 Å². The fraction of sp³-hybridized carbons (Fsp3) is 0.154. The van der Waals surface area contributed by atoms with Gasteiger partial charge in [-0.1, -0.05) is 12.1 Å². The topological polar surface area (TPSA) is 167 Å². The van der Waals surface area contributed by atoms with Crippen molar-refractivity contribution >= 4 is 16.9 Å². The van der Waals surface area contributed by atoms with Crippen molar-refractivity contribution in [3.05, 3.63) is 69.9 Å². The van der Waals surface area contributed by atoms with E-state index in [0.717, 1.165) is 37.4 Å². The monoisotopic (exact) mass is 548 g/mol. The molecule has 4 aromatic rings. The molecule has 0 amide bonds. The third-order valence-electron chi connectivity index (χ3n) is 5.84. The van der Waals surface area contributed by atoms with Crippen molar-refractivity contribution in [2.24, 2.45) is 0 Å². The number of methoxy groups -OCH3 is 1. The zero-order valence-corrected chi connectivity index (χ0v) is 19.8. The molecule has 0 fully saturated rings. The molecule has 0 aliphatic carbocycles. The first-order chi connectivity index (χ1) is 18.3. The number of aromatic hydroxyl groups is 5. The highest BCUT2D eigenvalue weighted by Crippen LogP contribution is 2.45. The number of ether oxygens (including phenoxy) is 2. The van der Waals surface area contributed by atoms with Gasteiger partial charge in [0.1, 0.15) is 28.2 Å². The summed E-state index contributed by atoms with van der Waals surface area (Å²) in [6.45, 7) is 0. The van der Waals surface area contributed by atoms with Crippen LogP contribution in [0.3, 0.4) is 0 Å². The van der Waals surface area contributed by atoms with Crippen LogP contribution in [0.2, 0.25) is 0 Å². The van der Waals surface area contributed by atoms with Crippen molar-refractivity contribution in [1.29, 1.82) is 0 Å². The van der Waals surface area contributed by atoms with Gasteiger partial charge in [0.25, 0.3) is 0 Å². The molecule has 0 unspecified atom stereocenters. The normalized spacial score (nSPS) is 12.3. The Morgan fingerprint density at radius 3 is 2.18 bits per heavy atom. The molecule has 0 saturated carbocycles. The number of rotatable bonds is 6. The second kappa shape index (κ2) is 10.0. The van der Waals surface area contributed by atoms with Gasteiger partial charge in [-0.3, -0.25) is 9.59 Å². The zero-order valence-electron chi connectivity index (χ0n) is 19.8. The van der Waals surface area contributed by atoms with E-state index >= 15 is 0 Å². The second-order valence-electron chi connectivity index (χ2n) is 8.29. The number of esters is 1. The lowest BCUT2D eigenvalue weighted by Gasteiger charge is -2.21. The van der Waals surface area contributed by atoms with Gasteiger partial charge in [-0.05, 0) is 35.9 Å². The van der Waals surface area contributed by atoms with Crippen molar-refractivity contribution in [3.63, 3.8) is 0 Å². The van der Waals surface area contributed by atoms with E-state index in [1.165, 1.54) is 18.2 Å². The van der Waals surface area contributed by atoms with Crippen LogP contribution < -0.4 is 10.2 Å². The molecule has 10 nitrogen and oxygen atoms in total. The number of hydrogen-bond donors (Lipinski definition) is 5. The highest BCUT2D eigenvalue weighted by molar-refractivity contribution is 5.92. The summed E-state index contributed by atoms with van der Waals surface area (Å²) in [6.07, 6.45) is -5.45. The molecule has 13 heteroatoms. The summed E-state index contributed by atoms with van der Waals surface area (Å²) in [5.74, 6) is -6.60. The van der Waals surface area contributed by atoms with Crippen LogP contribution in [-0.2, 0) is 9.53 Å². The first-order valence-electron chi connectivity index (χ1n) is 11.0. The van der Waals surface area contributed by atoms with Gasteiger partial charge in [0.2, 0.25) is 11.2 Å². The van der Waals surface area contributed by atoms with Crippen LogP contribution >= 0.6 is 0 Å². The van der Waals surface area contributed by atoms with Crippen LogP contribution in [0.5, 0.6) is 34.5 Å². The number of benzene rings is 3. The van der Waals surface area contributed by atoms with Crippen LogP contribution in [0.25, 0.3) is 22.3 Å². The van der Waals surface area contributed by atoms with E-state index in [4.69, 9.17) is 9.15 Å². The van der Waals surface area contributed by atoms with Gasteiger partial charge in [-0.25, -0.2) is 0 Å². The molecule has 204 valence electrons. The van der Waals surface area contributed by atoms with Crippen molar-refractivity contribution < 1.29 is 57.4 Å². The maximum atomic E-state index is 13.1. The number of fused-ring (bicyclic) bond motifs is 1. The lowest BCUT2D eigenvalue weighted by molar-refractivity contribution is -0.274. The molecule has 4 rings (SSSR count). The van der Waals surface area contributed by atoms with E-state index in [2.05, 4.69) is 4.74 Å². The Balaban J connectivity index is 2.00. The summed E-state index contributed by atoms with van der Waals surface area (Å²) in [5.41, 5.74) is -1.75. The first kappa shape index (κ1) is 27.0. The number of phenolic OH excluding ortho intramolecular Hbond substituents is 4. The maximum absolute atomic E-state index is 13.1. The minimum absolute atomic E-state index is 0.0752. The Bertz CT molecular complexity index is 1630. The average Bonchev–Trinajstić information content (AvgIpc) is 2.86. The third kappa shape index (κ3) is 5.32. The molecule has 3 aromatic carbocycles. The van der Waals surface area contributed by atoms with E-state index in [1.807, 2.05) is 0 Å². The van der Waals surface area contributed by atoms with Crippen LogP contribution in [0.15, 0.2) is 57.7 Å². The van der Waals surface area contributed by atoms with E-state index in [0.29, 0.717) is 0 Å². The summed E-state index contributed by atoms with van der Waals surface area (Å²) >= 11 is 0. The Hall–Kier alpha value is -5.07. The van der Waals surface area contributed by atoms with E-state index in [1.54, 1.807) is 0 Å². The van der Waals surface area contributed by atoms with E-state index in [-0.39, 0.29) is 16.7 Å². The van der Waals surface area contributed by atoms with Crippen LogP contribution in [0.1, 0.15) is 23.5 Å².